The first kappa shape index (κ1) is 29.0. The van der Waals surface area contributed by atoms with Gasteiger partial charge in [0, 0.05) is 7.11 Å². The van der Waals surface area contributed by atoms with Crippen molar-refractivity contribution >= 4 is 0 Å². The summed E-state index contributed by atoms with van der Waals surface area (Å²) < 4.78 is 32.4. The Morgan fingerprint density at radius 3 is 1.34 bits per heavy atom. The average molecular weight is 516 g/mol. The molecule has 15 nitrogen and oxygen atoms in total. The van der Waals surface area contributed by atoms with Crippen molar-refractivity contribution in [3.63, 3.8) is 0 Å². The van der Waals surface area contributed by atoms with Gasteiger partial charge in [0.2, 0.25) is 0 Å². The molecule has 0 amide bonds. The van der Waals surface area contributed by atoms with Crippen molar-refractivity contribution in [1.82, 2.24) is 0 Å². The maximum Gasteiger partial charge on any atom is 0.187 e. The average Bonchev–Trinajstić information content (AvgIpc) is 2.84. The summed E-state index contributed by atoms with van der Waals surface area (Å²) in [6.07, 6.45) is -21.3. The number of aliphatic hydroxyl groups is 9. The van der Waals surface area contributed by atoms with Crippen molar-refractivity contribution in [2.75, 3.05) is 26.9 Å². The largest absolute Gasteiger partial charge is 0.394 e. The molecule has 0 aromatic rings. The molecule has 206 valence electrons. The van der Waals surface area contributed by atoms with Gasteiger partial charge in [-0.3, -0.25) is 0 Å². The third-order valence-corrected chi connectivity index (χ3v) is 6.60. The smallest absolute Gasteiger partial charge is 0.187 e. The summed E-state index contributed by atoms with van der Waals surface area (Å²) in [5, 5.41) is 91.7. The van der Waals surface area contributed by atoms with Crippen LogP contribution in [0.5, 0.6) is 0 Å². The van der Waals surface area contributed by atoms with Gasteiger partial charge in [0.25, 0.3) is 0 Å². The van der Waals surface area contributed by atoms with E-state index in [9.17, 15) is 46.0 Å². The molecule has 0 spiro atoms. The Morgan fingerprint density at radius 1 is 0.543 bits per heavy atom. The Kier molecular flexibility index (Phi) is 10.2. The molecule has 15 heteroatoms. The summed E-state index contributed by atoms with van der Waals surface area (Å²) >= 11 is 0. The maximum atomic E-state index is 10.9. The Hall–Kier alpha value is -0.600. The van der Waals surface area contributed by atoms with Gasteiger partial charge in [-0.1, -0.05) is 0 Å². The van der Waals surface area contributed by atoms with E-state index in [0.29, 0.717) is 0 Å². The van der Waals surface area contributed by atoms with Crippen LogP contribution in [0.25, 0.3) is 0 Å². The number of hydrogen-bond acceptors (Lipinski definition) is 15. The fourth-order valence-electron chi connectivity index (χ4n) is 4.51. The molecule has 6 unspecified atom stereocenters. The topological polar surface area (TPSA) is 237 Å². The van der Waals surface area contributed by atoms with Crippen LogP contribution in [0, 0.1) is 0 Å². The Bertz CT molecular complexity index is 656. The first-order valence-electron chi connectivity index (χ1n) is 11.3. The zero-order valence-electron chi connectivity index (χ0n) is 19.3. The summed E-state index contributed by atoms with van der Waals surface area (Å²) in [7, 11) is 1.21. The predicted octanol–water partition coefficient (Wildman–Crippen LogP) is -5.85. The monoisotopic (exact) mass is 516 g/mol. The number of hydrogen-bond donors (Lipinski definition) is 9. The van der Waals surface area contributed by atoms with Crippen molar-refractivity contribution in [3.05, 3.63) is 0 Å². The quantitative estimate of drug-likeness (QED) is 0.146. The van der Waals surface area contributed by atoms with E-state index in [1.54, 1.807) is 0 Å². The van der Waals surface area contributed by atoms with Gasteiger partial charge in [-0.15, -0.1) is 0 Å². The van der Waals surface area contributed by atoms with Crippen molar-refractivity contribution in [3.8, 4) is 0 Å². The minimum atomic E-state index is -1.80. The van der Waals surface area contributed by atoms with Crippen LogP contribution in [0.1, 0.15) is 6.92 Å². The summed E-state index contributed by atoms with van der Waals surface area (Å²) in [6, 6.07) is 0. The molecule has 3 fully saturated rings. The lowest BCUT2D eigenvalue weighted by molar-refractivity contribution is -0.374. The molecule has 15 atom stereocenters. The lowest BCUT2D eigenvalue weighted by atomic mass is 9.94. The molecule has 3 rings (SSSR count). The van der Waals surface area contributed by atoms with Crippen LogP contribution < -0.4 is 0 Å². The summed E-state index contributed by atoms with van der Waals surface area (Å²) in [4.78, 5) is 0. The van der Waals surface area contributed by atoms with Gasteiger partial charge >= 0.3 is 0 Å². The third-order valence-electron chi connectivity index (χ3n) is 6.60. The number of methoxy groups -OCH3 is 1. The summed E-state index contributed by atoms with van der Waals surface area (Å²) in [5.74, 6) is 0. The molecular formula is C20H36O15. The van der Waals surface area contributed by atoms with Crippen LogP contribution >= 0.6 is 0 Å². The Balaban J connectivity index is 1.79. The molecule has 0 aliphatic carbocycles. The molecular weight excluding hydrogens is 480 g/mol. The fraction of sp³-hybridized carbons (Fsp3) is 1.00. The first-order valence-corrected chi connectivity index (χ1v) is 11.3. The molecule has 9 N–H and O–H groups in total. The van der Waals surface area contributed by atoms with E-state index in [1.165, 1.54) is 14.0 Å². The highest BCUT2D eigenvalue weighted by molar-refractivity contribution is 4.97. The molecule has 0 aromatic heterocycles. The second-order valence-corrected chi connectivity index (χ2v) is 8.86. The van der Waals surface area contributed by atoms with E-state index in [4.69, 9.17) is 28.4 Å². The number of ether oxygens (including phenoxy) is 6. The minimum absolute atomic E-state index is 0.578. The van der Waals surface area contributed by atoms with Crippen LogP contribution in [0.4, 0.5) is 0 Å². The second kappa shape index (κ2) is 12.3. The highest BCUT2D eigenvalue weighted by atomic mass is 16.7. The van der Waals surface area contributed by atoms with Crippen molar-refractivity contribution in [2.45, 2.75) is 98.9 Å². The Labute approximate surface area is 200 Å². The van der Waals surface area contributed by atoms with Gasteiger partial charge in [-0.05, 0) is 6.92 Å². The Morgan fingerprint density at radius 2 is 0.914 bits per heavy atom. The van der Waals surface area contributed by atoms with Crippen molar-refractivity contribution in [2.24, 2.45) is 0 Å². The van der Waals surface area contributed by atoms with Crippen LogP contribution in [0.15, 0.2) is 0 Å². The molecule has 3 heterocycles. The molecule has 0 bridgehead atoms. The lowest BCUT2D eigenvalue weighted by Gasteiger charge is -2.48. The van der Waals surface area contributed by atoms with E-state index in [2.05, 4.69) is 0 Å². The van der Waals surface area contributed by atoms with E-state index in [1.807, 2.05) is 0 Å². The first-order chi connectivity index (χ1) is 16.6. The number of rotatable bonds is 8. The molecule has 3 aliphatic rings. The fourth-order valence-corrected chi connectivity index (χ4v) is 4.51. The predicted molar refractivity (Wildman–Crippen MR) is 109 cm³/mol. The number of aliphatic hydroxyl groups excluding tert-OH is 9. The van der Waals surface area contributed by atoms with E-state index in [-0.39, 0.29) is 0 Å². The molecule has 0 aromatic carbocycles. The van der Waals surface area contributed by atoms with E-state index in [0.717, 1.165) is 0 Å². The van der Waals surface area contributed by atoms with Crippen molar-refractivity contribution < 1.29 is 74.4 Å². The normalized spacial score (nSPS) is 51.3. The van der Waals surface area contributed by atoms with Crippen LogP contribution in [-0.2, 0) is 28.4 Å². The molecule has 3 saturated heterocycles. The lowest BCUT2D eigenvalue weighted by Crippen LogP contribution is -2.66. The van der Waals surface area contributed by atoms with Gasteiger partial charge in [0.15, 0.2) is 12.6 Å². The molecule has 0 radical (unpaired) electrons. The van der Waals surface area contributed by atoms with E-state index >= 15 is 0 Å². The van der Waals surface area contributed by atoms with Gasteiger partial charge < -0.3 is 74.4 Å². The summed E-state index contributed by atoms with van der Waals surface area (Å²) in [5.41, 5.74) is 0. The summed E-state index contributed by atoms with van der Waals surface area (Å²) in [6.45, 7) is -0.485. The third kappa shape index (κ3) is 5.79. The molecule has 3 aliphatic heterocycles. The zero-order valence-corrected chi connectivity index (χ0v) is 19.3. The van der Waals surface area contributed by atoms with Gasteiger partial charge in [-0.25, -0.2) is 0 Å². The SMILES string of the molecule is CO[C@@H]1C(O)[C@H](O[C@@H]2C(O)[C@H](O[C@@H]3C(O)[C@H](C)OC(CO)[C@H]3O)OC(CO)[C@H]2O)OC(CO)[C@H]1O. The second-order valence-electron chi connectivity index (χ2n) is 8.86. The molecule has 35 heavy (non-hydrogen) atoms. The zero-order chi connectivity index (χ0) is 26.0. The maximum absolute atomic E-state index is 10.9. The highest BCUT2D eigenvalue weighted by Gasteiger charge is 2.53. The minimum Gasteiger partial charge on any atom is -0.394 e. The van der Waals surface area contributed by atoms with Crippen molar-refractivity contribution in [1.29, 1.82) is 0 Å². The van der Waals surface area contributed by atoms with E-state index < -0.39 is 112 Å². The standard InChI is InChI=1S/C20H36O15/c1-6-10(24)17(12(26)7(3-21)31-6)34-20-15(29)18(13(27)9(5-23)33-20)35-19-14(28)16(30-2)11(25)8(4-22)32-19/h6-29H,3-5H2,1-2H3/t6-,7?,8?,9?,10?,11+,12+,13+,14?,15?,16-,17+,18-,19-,20-/m0/s1. The molecule has 0 saturated carbocycles. The highest BCUT2D eigenvalue weighted by Crippen LogP contribution is 2.32. The van der Waals surface area contributed by atoms with Gasteiger partial charge in [0.1, 0.15) is 73.2 Å². The van der Waals surface area contributed by atoms with Gasteiger partial charge in [-0.2, -0.15) is 0 Å². The van der Waals surface area contributed by atoms with Crippen LogP contribution in [0.2, 0.25) is 0 Å². The van der Waals surface area contributed by atoms with Gasteiger partial charge in [0.05, 0.1) is 25.9 Å². The van der Waals surface area contributed by atoms with Crippen LogP contribution in [-0.4, -0.2) is 165 Å². The van der Waals surface area contributed by atoms with Crippen LogP contribution in [0.3, 0.4) is 0 Å².